The average molecular weight is 163 g/mol. The molecule has 0 amide bonds. The summed E-state index contributed by atoms with van der Waals surface area (Å²) in [5.41, 5.74) is 2.85. The van der Waals surface area contributed by atoms with Gasteiger partial charge >= 0.3 is 0 Å². The molecule has 1 heterocycles. The first-order valence-electron chi connectivity index (χ1n) is 4.88. The molecule has 1 heteroatoms. The molecule has 1 nitrogen and oxygen atoms in total. The van der Waals surface area contributed by atoms with E-state index in [9.17, 15) is 0 Å². The maximum absolute atomic E-state index is 2.49. The molecule has 2 unspecified atom stereocenters. The second kappa shape index (κ2) is 2.65. The van der Waals surface area contributed by atoms with E-state index in [2.05, 4.69) is 37.5 Å². The van der Waals surface area contributed by atoms with Gasteiger partial charge in [0.15, 0.2) is 0 Å². The predicted molar refractivity (Wildman–Crippen MR) is 51.3 cm³/mol. The number of hydrogen-bond acceptors (Lipinski definition) is 0. The summed E-state index contributed by atoms with van der Waals surface area (Å²) in [5, 5.41) is 0. The van der Waals surface area contributed by atoms with E-state index in [4.69, 9.17) is 0 Å². The van der Waals surface area contributed by atoms with Gasteiger partial charge in [-0.2, -0.15) is 0 Å². The lowest BCUT2D eigenvalue weighted by molar-refractivity contribution is 0.618. The van der Waals surface area contributed by atoms with E-state index in [0.29, 0.717) is 0 Å². The molecule has 0 saturated heterocycles. The molecule has 2 atom stereocenters. The molecule has 12 heavy (non-hydrogen) atoms. The Kier molecular flexibility index (Phi) is 1.75. The van der Waals surface area contributed by atoms with Gasteiger partial charge in [-0.05, 0) is 38.3 Å². The van der Waals surface area contributed by atoms with Gasteiger partial charge in [0, 0.05) is 17.4 Å². The smallest absolute Gasteiger partial charge is 0.0367 e. The van der Waals surface area contributed by atoms with E-state index in [1.807, 2.05) is 0 Å². The summed E-state index contributed by atoms with van der Waals surface area (Å²) in [6.07, 6.45) is 2.73. The van der Waals surface area contributed by atoms with Crippen molar-refractivity contribution in [3.63, 3.8) is 0 Å². The summed E-state index contributed by atoms with van der Waals surface area (Å²) in [6, 6.07) is 5.27. The minimum atomic E-state index is 0.824. The highest BCUT2D eigenvalue weighted by Crippen LogP contribution is 2.46. The van der Waals surface area contributed by atoms with E-state index in [1.54, 1.807) is 0 Å². The van der Waals surface area contributed by atoms with Crippen LogP contribution in [0.1, 0.15) is 37.2 Å². The van der Waals surface area contributed by atoms with Gasteiger partial charge in [0.05, 0.1) is 0 Å². The second-order valence-electron chi connectivity index (χ2n) is 3.96. The molecule has 1 saturated carbocycles. The minimum Gasteiger partial charge on any atom is -0.346 e. The fourth-order valence-electron chi connectivity index (χ4n) is 2.19. The highest BCUT2D eigenvalue weighted by molar-refractivity contribution is 5.17. The van der Waals surface area contributed by atoms with Crippen LogP contribution in [0.2, 0.25) is 0 Å². The molecule has 2 rings (SSSR count). The molecular formula is C11H17N. The largest absolute Gasteiger partial charge is 0.346 e. The van der Waals surface area contributed by atoms with Crippen molar-refractivity contribution in [2.45, 2.75) is 39.7 Å². The maximum atomic E-state index is 2.49. The van der Waals surface area contributed by atoms with Gasteiger partial charge in [0.1, 0.15) is 0 Å². The highest BCUT2D eigenvalue weighted by atomic mass is 15.1. The number of hydrogen-bond donors (Lipinski definition) is 0. The first-order chi connectivity index (χ1) is 5.74. The van der Waals surface area contributed by atoms with Crippen LogP contribution in [0, 0.1) is 19.8 Å². The van der Waals surface area contributed by atoms with Crippen molar-refractivity contribution in [3.05, 3.63) is 23.5 Å². The van der Waals surface area contributed by atoms with E-state index < -0.39 is 0 Å². The molecule has 0 N–H and O–H groups in total. The second-order valence-corrected chi connectivity index (χ2v) is 3.96. The summed E-state index contributed by atoms with van der Waals surface area (Å²) in [6.45, 7) is 6.70. The van der Waals surface area contributed by atoms with E-state index in [1.165, 1.54) is 24.2 Å². The Hall–Kier alpha value is -0.720. The molecule has 0 spiro atoms. The van der Waals surface area contributed by atoms with Crippen LogP contribution in [0.25, 0.3) is 0 Å². The van der Waals surface area contributed by atoms with Gasteiger partial charge in [-0.3, -0.25) is 0 Å². The molecule has 0 bridgehead atoms. The Morgan fingerprint density at radius 3 is 2.33 bits per heavy atom. The number of aromatic nitrogens is 1. The lowest BCUT2D eigenvalue weighted by Crippen LogP contribution is -2.00. The van der Waals surface area contributed by atoms with Crippen LogP contribution in [-0.2, 0) is 0 Å². The van der Waals surface area contributed by atoms with Gasteiger partial charge in [-0.25, -0.2) is 0 Å². The molecule has 1 aromatic rings. The van der Waals surface area contributed by atoms with Crippen LogP contribution in [0.3, 0.4) is 0 Å². The molecule has 0 aromatic carbocycles. The fourth-order valence-corrected chi connectivity index (χ4v) is 2.19. The predicted octanol–water partition coefficient (Wildman–Crippen LogP) is 3.08. The third-order valence-corrected chi connectivity index (χ3v) is 3.07. The molecule has 1 aromatic heterocycles. The minimum absolute atomic E-state index is 0.824. The molecule has 1 aliphatic rings. The number of rotatable bonds is 2. The third-order valence-electron chi connectivity index (χ3n) is 3.07. The summed E-state index contributed by atoms with van der Waals surface area (Å²) >= 11 is 0. The van der Waals surface area contributed by atoms with Gasteiger partial charge in [0.25, 0.3) is 0 Å². The van der Waals surface area contributed by atoms with Crippen LogP contribution in [0.4, 0.5) is 0 Å². The molecule has 0 aliphatic heterocycles. The monoisotopic (exact) mass is 163 g/mol. The third kappa shape index (κ3) is 1.08. The van der Waals surface area contributed by atoms with Crippen molar-refractivity contribution in [1.82, 2.24) is 4.57 Å². The van der Waals surface area contributed by atoms with Crippen LogP contribution >= 0.6 is 0 Å². The average Bonchev–Trinajstić information content (AvgIpc) is 2.74. The van der Waals surface area contributed by atoms with E-state index >= 15 is 0 Å². The maximum Gasteiger partial charge on any atom is 0.0367 e. The van der Waals surface area contributed by atoms with Crippen molar-refractivity contribution in [3.8, 4) is 0 Å². The summed E-state index contributed by atoms with van der Waals surface area (Å²) in [7, 11) is 0. The van der Waals surface area contributed by atoms with Gasteiger partial charge < -0.3 is 4.57 Å². The zero-order valence-corrected chi connectivity index (χ0v) is 8.17. The van der Waals surface area contributed by atoms with Crippen molar-refractivity contribution in [2.24, 2.45) is 5.92 Å². The zero-order chi connectivity index (χ0) is 8.72. The zero-order valence-electron chi connectivity index (χ0n) is 8.17. The van der Waals surface area contributed by atoms with Crippen LogP contribution in [-0.4, -0.2) is 4.57 Å². The first-order valence-corrected chi connectivity index (χ1v) is 4.88. The van der Waals surface area contributed by atoms with Crippen LogP contribution in [0.5, 0.6) is 0 Å². The van der Waals surface area contributed by atoms with Crippen LogP contribution < -0.4 is 0 Å². The highest BCUT2D eigenvalue weighted by Gasteiger charge is 2.37. The summed E-state index contributed by atoms with van der Waals surface area (Å²) in [4.78, 5) is 0. The SMILES string of the molecule is CCC1CC1n1c(C)ccc1C. The van der Waals surface area contributed by atoms with Gasteiger partial charge in [-0.15, -0.1) is 0 Å². The summed E-state index contributed by atoms with van der Waals surface area (Å²) in [5.74, 6) is 0.954. The standard InChI is InChI=1S/C11H17N/c1-4-10-7-11(10)12-8(2)5-6-9(12)3/h5-6,10-11H,4,7H2,1-3H3. The lowest BCUT2D eigenvalue weighted by Gasteiger charge is -2.07. The van der Waals surface area contributed by atoms with Crippen molar-refractivity contribution in [1.29, 1.82) is 0 Å². The number of nitrogens with zero attached hydrogens (tertiary/aromatic N) is 1. The molecule has 1 aliphatic carbocycles. The van der Waals surface area contributed by atoms with Crippen molar-refractivity contribution in [2.75, 3.05) is 0 Å². The van der Waals surface area contributed by atoms with Crippen molar-refractivity contribution < 1.29 is 0 Å². The van der Waals surface area contributed by atoms with Gasteiger partial charge in [-0.1, -0.05) is 13.3 Å². The van der Waals surface area contributed by atoms with E-state index in [0.717, 1.165) is 12.0 Å². The molecule has 1 fully saturated rings. The summed E-state index contributed by atoms with van der Waals surface area (Å²) < 4.78 is 2.49. The van der Waals surface area contributed by atoms with Crippen LogP contribution in [0.15, 0.2) is 12.1 Å². The van der Waals surface area contributed by atoms with Crippen molar-refractivity contribution >= 4 is 0 Å². The first kappa shape index (κ1) is 7.90. The Labute approximate surface area is 74.4 Å². The Morgan fingerprint density at radius 2 is 1.92 bits per heavy atom. The number of aryl methyl sites for hydroxylation is 2. The van der Waals surface area contributed by atoms with E-state index in [-0.39, 0.29) is 0 Å². The normalized spacial score (nSPS) is 27.6. The Balaban J connectivity index is 2.23. The topological polar surface area (TPSA) is 4.93 Å². The Bertz CT molecular complexity index is 266. The fraction of sp³-hybridized carbons (Fsp3) is 0.636. The van der Waals surface area contributed by atoms with Gasteiger partial charge in [0.2, 0.25) is 0 Å². The Morgan fingerprint density at radius 1 is 1.33 bits per heavy atom. The quantitative estimate of drug-likeness (QED) is 0.631. The molecular weight excluding hydrogens is 146 g/mol. The lowest BCUT2D eigenvalue weighted by atomic mass is 10.3. The molecule has 0 radical (unpaired) electrons. The molecule has 66 valence electrons.